The zero-order valence-electron chi connectivity index (χ0n) is 17.8. The van der Waals surface area contributed by atoms with Crippen LogP contribution in [0.4, 0.5) is 0 Å². The van der Waals surface area contributed by atoms with Gasteiger partial charge in [0.15, 0.2) is 5.11 Å². The summed E-state index contributed by atoms with van der Waals surface area (Å²) >= 11 is 11.9. The van der Waals surface area contributed by atoms with Gasteiger partial charge in [0.2, 0.25) is 5.82 Å². The number of hydrogen-bond acceptors (Lipinski definition) is 4. The summed E-state index contributed by atoms with van der Waals surface area (Å²) in [5, 5.41) is 9.10. The number of nitrogens with zero attached hydrogens (tertiary/aromatic N) is 3. The van der Waals surface area contributed by atoms with E-state index in [1.165, 1.54) is 0 Å². The highest BCUT2D eigenvalue weighted by atomic mass is 35.5. The molecule has 4 rings (SSSR count). The third-order valence-corrected chi connectivity index (χ3v) is 6.01. The SMILES string of the molecule is CC1=C(c2nc(-c3ccccc3)no2)C(c2ccc(Cl)cc2)NC(=S)N1CCC(C)C. The number of halogens is 1. The second-order valence-corrected chi connectivity index (χ2v) is 8.88. The number of benzene rings is 2. The van der Waals surface area contributed by atoms with E-state index < -0.39 is 0 Å². The van der Waals surface area contributed by atoms with Gasteiger partial charge in [0.05, 0.1) is 11.6 Å². The molecule has 1 aliphatic heterocycles. The summed E-state index contributed by atoms with van der Waals surface area (Å²) in [6.45, 7) is 7.31. The highest BCUT2D eigenvalue weighted by molar-refractivity contribution is 7.80. The van der Waals surface area contributed by atoms with Gasteiger partial charge in [0, 0.05) is 22.8 Å². The number of rotatable bonds is 6. The molecule has 3 aromatic rings. The maximum absolute atomic E-state index is 6.12. The van der Waals surface area contributed by atoms with Crippen molar-refractivity contribution in [3.05, 3.63) is 76.8 Å². The molecule has 0 spiro atoms. The minimum absolute atomic E-state index is 0.204. The maximum atomic E-state index is 6.12. The summed E-state index contributed by atoms with van der Waals surface area (Å²) in [4.78, 5) is 6.86. The quantitative estimate of drug-likeness (QED) is 0.456. The van der Waals surface area contributed by atoms with Crippen LogP contribution in [-0.2, 0) is 0 Å². The Balaban J connectivity index is 1.78. The molecule has 2 heterocycles. The fourth-order valence-electron chi connectivity index (χ4n) is 3.66. The van der Waals surface area contributed by atoms with Crippen molar-refractivity contribution < 1.29 is 4.52 Å². The van der Waals surface area contributed by atoms with Gasteiger partial charge in [-0.25, -0.2) is 0 Å². The second-order valence-electron chi connectivity index (χ2n) is 8.06. The third kappa shape index (κ3) is 4.65. The Morgan fingerprint density at radius 2 is 1.84 bits per heavy atom. The highest BCUT2D eigenvalue weighted by Gasteiger charge is 2.34. The van der Waals surface area contributed by atoms with Crippen LogP contribution in [0.3, 0.4) is 0 Å². The highest BCUT2D eigenvalue weighted by Crippen LogP contribution is 2.37. The molecule has 1 unspecified atom stereocenters. The predicted molar refractivity (Wildman–Crippen MR) is 128 cm³/mol. The van der Waals surface area contributed by atoms with E-state index in [0.29, 0.717) is 27.8 Å². The van der Waals surface area contributed by atoms with Crippen molar-refractivity contribution in [2.75, 3.05) is 6.54 Å². The summed E-state index contributed by atoms with van der Waals surface area (Å²) in [5.41, 5.74) is 3.89. The van der Waals surface area contributed by atoms with Crippen LogP contribution in [0, 0.1) is 5.92 Å². The molecule has 0 radical (unpaired) electrons. The predicted octanol–water partition coefficient (Wildman–Crippen LogP) is 6.10. The molecule has 1 aliphatic rings. The number of thiocarbonyl (C=S) groups is 1. The molecular formula is C24H25ClN4OS. The summed E-state index contributed by atoms with van der Waals surface area (Å²) in [6, 6.07) is 17.4. The van der Waals surface area contributed by atoms with Crippen LogP contribution in [0.5, 0.6) is 0 Å². The van der Waals surface area contributed by atoms with E-state index in [1.807, 2.05) is 54.6 Å². The van der Waals surface area contributed by atoms with E-state index in [-0.39, 0.29) is 6.04 Å². The van der Waals surface area contributed by atoms with E-state index in [1.54, 1.807) is 0 Å². The fraction of sp³-hybridized carbons (Fsp3) is 0.292. The number of aromatic nitrogens is 2. The lowest BCUT2D eigenvalue weighted by atomic mass is 9.94. The van der Waals surface area contributed by atoms with E-state index in [0.717, 1.165) is 35.4 Å². The third-order valence-electron chi connectivity index (χ3n) is 5.42. The fourth-order valence-corrected chi connectivity index (χ4v) is 4.13. The molecule has 31 heavy (non-hydrogen) atoms. The van der Waals surface area contributed by atoms with Crippen LogP contribution in [-0.4, -0.2) is 26.7 Å². The lowest BCUT2D eigenvalue weighted by Gasteiger charge is -2.37. The number of nitrogens with one attached hydrogen (secondary N) is 1. The Morgan fingerprint density at radius 3 is 2.52 bits per heavy atom. The van der Waals surface area contributed by atoms with Crippen molar-refractivity contribution in [1.82, 2.24) is 20.4 Å². The Hall–Kier alpha value is -2.70. The second kappa shape index (κ2) is 9.20. The topological polar surface area (TPSA) is 54.2 Å². The standard InChI is InChI=1S/C24H25ClN4OS/c1-15(2)13-14-29-16(3)20(21(26-24(29)31)17-9-11-19(25)12-10-17)23-27-22(28-30-23)18-7-5-4-6-8-18/h4-12,15,21H,13-14H2,1-3H3,(H,26,31). The zero-order chi connectivity index (χ0) is 22.0. The van der Waals surface area contributed by atoms with Crippen LogP contribution in [0.15, 0.2) is 64.8 Å². The van der Waals surface area contributed by atoms with Crippen molar-refractivity contribution in [3.8, 4) is 11.4 Å². The van der Waals surface area contributed by atoms with Gasteiger partial charge in [-0.15, -0.1) is 0 Å². The van der Waals surface area contributed by atoms with E-state index in [9.17, 15) is 0 Å². The van der Waals surface area contributed by atoms with E-state index in [2.05, 4.69) is 36.1 Å². The molecule has 2 aromatic carbocycles. The van der Waals surface area contributed by atoms with Crippen LogP contribution in [0.2, 0.25) is 5.02 Å². The van der Waals surface area contributed by atoms with Crippen molar-refractivity contribution in [2.24, 2.45) is 5.92 Å². The van der Waals surface area contributed by atoms with Crippen LogP contribution in [0.1, 0.15) is 44.7 Å². The van der Waals surface area contributed by atoms with Crippen molar-refractivity contribution in [1.29, 1.82) is 0 Å². The summed E-state index contributed by atoms with van der Waals surface area (Å²) in [5.74, 6) is 1.62. The lowest BCUT2D eigenvalue weighted by molar-refractivity contribution is 0.390. The summed E-state index contributed by atoms with van der Waals surface area (Å²) in [7, 11) is 0. The van der Waals surface area contributed by atoms with Gasteiger partial charge in [-0.1, -0.05) is 73.1 Å². The molecule has 7 heteroatoms. The first-order valence-corrected chi connectivity index (χ1v) is 11.2. The average Bonchev–Trinajstić information content (AvgIpc) is 3.24. The Kier molecular flexibility index (Phi) is 6.39. The first-order valence-electron chi connectivity index (χ1n) is 10.4. The molecular weight excluding hydrogens is 428 g/mol. The number of allylic oxidation sites excluding steroid dienone is 1. The monoisotopic (exact) mass is 452 g/mol. The zero-order valence-corrected chi connectivity index (χ0v) is 19.4. The van der Waals surface area contributed by atoms with Gasteiger partial charge < -0.3 is 14.7 Å². The first-order chi connectivity index (χ1) is 14.9. The Labute approximate surface area is 193 Å². The van der Waals surface area contributed by atoms with Crippen molar-refractivity contribution in [2.45, 2.75) is 33.2 Å². The van der Waals surface area contributed by atoms with Crippen LogP contribution < -0.4 is 5.32 Å². The van der Waals surface area contributed by atoms with Crippen LogP contribution in [0.25, 0.3) is 17.0 Å². The van der Waals surface area contributed by atoms with Gasteiger partial charge in [-0.05, 0) is 49.2 Å². The Bertz CT molecular complexity index is 1090. The average molecular weight is 453 g/mol. The van der Waals surface area contributed by atoms with E-state index in [4.69, 9.17) is 33.3 Å². The molecule has 0 fully saturated rings. The normalized spacial score (nSPS) is 16.7. The van der Waals surface area contributed by atoms with Crippen molar-refractivity contribution >= 4 is 34.5 Å². The largest absolute Gasteiger partial charge is 0.351 e. The van der Waals surface area contributed by atoms with Gasteiger partial charge in [-0.2, -0.15) is 4.98 Å². The maximum Gasteiger partial charge on any atom is 0.258 e. The van der Waals surface area contributed by atoms with Gasteiger partial charge in [-0.3, -0.25) is 0 Å². The summed E-state index contributed by atoms with van der Waals surface area (Å²) < 4.78 is 5.76. The first kappa shape index (κ1) is 21.5. The molecule has 1 N–H and O–H groups in total. The lowest BCUT2D eigenvalue weighted by Crippen LogP contribution is -2.46. The Morgan fingerprint density at radius 1 is 1.13 bits per heavy atom. The van der Waals surface area contributed by atoms with Crippen LogP contribution >= 0.6 is 23.8 Å². The molecule has 160 valence electrons. The molecule has 0 saturated carbocycles. The molecule has 1 atom stereocenters. The minimum atomic E-state index is -0.204. The van der Waals surface area contributed by atoms with Gasteiger partial charge in [0.25, 0.3) is 5.89 Å². The van der Waals surface area contributed by atoms with E-state index >= 15 is 0 Å². The molecule has 0 saturated heterocycles. The van der Waals surface area contributed by atoms with Crippen molar-refractivity contribution in [3.63, 3.8) is 0 Å². The molecule has 0 aliphatic carbocycles. The molecule has 5 nitrogen and oxygen atoms in total. The molecule has 0 amide bonds. The van der Waals surface area contributed by atoms with Gasteiger partial charge in [0.1, 0.15) is 0 Å². The van der Waals surface area contributed by atoms with Gasteiger partial charge >= 0.3 is 0 Å². The number of hydrogen-bond donors (Lipinski definition) is 1. The minimum Gasteiger partial charge on any atom is -0.351 e. The molecule has 1 aromatic heterocycles. The smallest absolute Gasteiger partial charge is 0.258 e. The molecule has 0 bridgehead atoms. The summed E-state index contributed by atoms with van der Waals surface area (Å²) in [6.07, 6.45) is 1.02.